The van der Waals surface area contributed by atoms with E-state index in [9.17, 15) is 0 Å². The van der Waals surface area contributed by atoms with Crippen molar-refractivity contribution >= 4 is 87.2 Å². The molecule has 668 valence electrons. The molecule has 0 saturated carbocycles. The standard InChI is InChI=1S/C70H45N3O.C58H35N5O.2Pt/c1-5-20-49(21-6-1)56-38-57(50-22-7-2-8-23-50)41-60(40-56)65-34-19-35-66(61-42-58(51-24-9-3-10-25-51)39-59(43-61)52-26-11-4-12-27-52)70(65)73-48-72(68-36-15-16-37-69(68)73)62-31-18-33-64(46-62)74-63-32-17-30-54(44-63)67-45-53-28-13-14-29-55(53)47-71-67;1-2-17-41-37-59-49(35-39(41)16-1)40-18-13-20-43(34-40)64-44-21-14-19-42(36-44)60-38-61(55-31-12-11-30-54(55)60)58-56(62-50-26-7-3-22-45(50)46-23-4-8-27-51(46)62)32-15-33-57(58)63-52-28-9-5-24-47(52)48-25-6-10-29-53(48)63;;/h1-43,45,47H;1-33,35,37H;;/q2*-2;;. The van der Waals surface area contributed by atoms with Crippen molar-refractivity contribution in [1.29, 1.82) is 0 Å². The van der Waals surface area contributed by atoms with Gasteiger partial charge in [-0.2, -0.15) is 24.3 Å². The molecule has 6 aromatic heterocycles. The molecule has 26 rings (SSSR count). The maximum atomic E-state index is 6.57. The van der Waals surface area contributed by atoms with Gasteiger partial charge in [0.1, 0.15) is 5.69 Å². The number of para-hydroxylation sites is 10. The fraction of sp³-hybridized carbons (Fsp3) is 0. The second-order valence-corrected chi connectivity index (χ2v) is 34.4. The molecule has 12 heteroatoms. The summed E-state index contributed by atoms with van der Waals surface area (Å²) in [6, 6.07) is 180. The summed E-state index contributed by atoms with van der Waals surface area (Å²) in [6.07, 6.45) is 11.6. The Bertz CT molecular complexity index is 8690. The Balaban J connectivity index is 0.000000155. The van der Waals surface area contributed by atoms with Gasteiger partial charge in [-0.1, -0.05) is 340 Å². The third-order valence-electron chi connectivity index (χ3n) is 25.9. The van der Waals surface area contributed by atoms with E-state index in [1.807, 2.05) is 103 Å². The Morgan fingerprint density at radius 3 is 0.893 bits per heavy atom. The van der Waals surface area contributed by atoms with Crippen LogP contribution in [-0.2, 0) is 42.1 Å². The third kappa shape index (κ3) is 16.4. The van der Waals surface area contributed by atoms with Crippen molar-refractivity contribution in [3.63, 3.8) is 0 Å². The third-order valence-corrected chi connectivity index (χ3v) is 25.9. The number of nitrogens with zero attached hydrogens (tertiary/aromatic N) is 8. The molecule has 140 heavy (non-hydrogen) atoms. The molecule has 0 N–H and O–H groups in total. The number of pyridine rings is 2. The van der Waals surface area contributed by atoms with Gasteiger partial charge < -0.3 is 37.7 Å². The molecule has 0 amide bonds. The zero-order valence-electron chi connectivity index (χ0n) is 75.2. The van der Waals surface area contributed by atoms with Gasteiger partial charge >= 0.3 is 0 Å². The number of fused-ring (bicyclic) bond motifs is 10. The van der Waals surface area contributed by atoms with Crippen LogP contribution < -0.4 is 18.6 Å². The molecule has 6 heterocycles. The number of aromatic nitrogens is 8. The van der Waals surface area contributed by atoms with Crippen molar-refractivity contribution in [2.75, 3.05) is 0 Å². The van der Waals surface area contributed by atoms with Crippen molar-refractivity contribution in [3.05, 3.63) is 522 Å². The zero-order chi connectivity index (χ0) is 91.4. The van der Waals surface area contributed by atoms with E-state index in [1.54, 1.807) is 0 Å². The number of hydrogen-bond acceptors (Lipinski definition) is 4. The molecule has 26 aromatic rings. The molecule has 0 spiro atoms. The minimum Gasteiger partial charge on any atom is -0.503 e. The second-order valence-electron chi connectivity index (χ2n) is 34.4. The molecular weight excluding hydrogens is 2070 g/mol. The number of benzene rings is 20. The van der Waals surface area contributed by atoms with Crippen LogP contribution in [0.3, 0.4) is 0 Å². The normalized spacial score (nSPS) is 11.3. The quantitative estimate of drug-likeness (QED) is 0.0634. The van der Waals surface area contributed by atoms with E-state index in [-0.39, 0.29) is 42.1 Å². The van der Waals surface area contributed by atoms with Crippen LogP contribution in [0.5, 0.6) is 23.0 Å². The molecule has 0 unspecified atom stereocenters. The maximum Gasteiger partial charge on any atom is 0.268 e. The van der Waals surface area contributed by atoms with Crippen LogP contribution in [0, 0.1) is 36.9 Å². The molecule has 0 saturated heterocycles. The minimum atomic E-state index is 0. The molecule has 0 fully saturated rings. The van der Waals surface area contributed by atoms with E-state index in [4.69, 9.17) is 19.4 Å². The van der Waals surface area contributed by atoms with Crippen molar-refractivity contribution in [3.8, 4) is 146 Å². The van der Waals surface area contributed by atoms with Gasteiger partial charge in [-0.05, 0) is 184 Å². The Morgan fingerprint density at radius 2 is 0.514 bits per heavy atom. The molecule has 0 radical (unpaired) electrons. The maximum absolute atomic E-state index is 6.57. The van der Waals surface area contributed by atoms with Gasteiger partial charge in [0, 0.05) is 99.1 Å². The van der Waals surface area contributed by atoms with Crippen LogP contribution in [0.2, 0.25) is 0 Å². The van der Waals surface area contributed by atoms with Gasteiger partial charge in [0.25, 0.3) is 12.7 Å². The van der Waals surface area contributed by atoms with E-state index in [0.717, 1.165) is 189 Å². The van der Waals surface area contributed by atoms with Crippen molar-refractivity contribution in [2.45, 2.75) is 0 Å². The van der Waals surface area contributed by atoms with E-state index in [0.29, 0.717) is 23.0 Å². The fourth-order valence-electron chi connectivity index (χ4n) is 19.6. The van der Waals surface area contributed by atoms with E-state index in [2.05, 4.69) is 447 Å². The smallest absolute Gasteiger partial charge is 0.268 e. The number of ether oxygens (including phenoxy) is 2. The average Bonchev–Trinajstić information content (AvgIpc) is 1.56. The van der Waals surface area contributed by atoms with Crippen LogP contribution in [0.4, 0.5) is 0 Å². The molecule has 0 atom stereocenters. The predicted molar refractivity (Wildman–Crippen MR) is 558 cm³/mol. The Morgan fingerprint density at radius 1 is 0.221 bits per heavy atom. The summed E-state index contributed by atoms with van der Waals surface area (Å²) in [6.45, 7) is 0. The van der Waals surface area contributed by atoms with Crippen LogP contribution in [-0.4, -0.2) is 28.2 Å². The van der Waals surface area contributed by atoms with E-state index < -0.39 is 0 Å². The summed E-state index contributed by atoms with van der Waals surface area (Å²) in [5, 5.41) is 9.23. The fourth-order valence-corrected chi connectivity index (χ4v) is 19.6. The van der Waals surface area contributed by atoms with Crippen molar-refractivity contribution in [2.24, 2.45) is 0 Å². The summed E-state index contributed by atoms with van der Waals surface area (Å²) in [5.74, 6) is 2.26. The molecule has 0 bridgehead atoms. The first-order valence-corrected chi connectivity index (χ1v) is 46.2. The van der Waals surface area contributed by atoms with Crippen LogP contribution >= 0.6 is 0 Å². The minimum absolute atomic E-state index is 0. The SMILES string of the molecule is [Pt].[Pt].[c-]1c(Oc2[c-]c(-n3[c-][n+](-c4c(-c5cc(-c6ccccc6)cc(-c6ccccc6)c5)cccc4-c4cc(-c5ccccc5)cc(-c5ccccc5)c4)c4ccccc43)ccc2)cccc1-c1cc2ccccc2cn1.[c-]1c(Oc2[c-]c(-n3[c-][n+](-c4c(-n5c6ccccc6c6ccccc65)cccc4-n4c5ccccc5c5ccccc54)c4ccccc43)ccc2)cccc1-c1cc2ccccc2cn1. The van der Waals surface area contributed by atoms with Crippen molar-refractivity contribution in [1.82, 2.24) is 28.2 Å². The van der Waals surface area contributed by atoms with E-state index in [1.165, 1.54) is 21.5 Å². The Kier molecular flexibility index (Phi) is 23.4. The van der Waals surface area contributed by atoms with Gasteiger partial charge in [-0.3, -0.25) is 9.13 Å². The van der Waals surface area contributed by atoms with Crippen LogP contribution in [0.25, 0.3) is 211 Å². The first-order valence-electron chi connectivity index (χ1n) is 46.2. The molecular formula is C128H80N8O2Pt2-4. The second kappa shape index (κ2) is 37.8. The first kappa shape index (κ1) is 86.8. The average molecular weight is 2150 g/mol. The van der Waals surface area contributed by atoms with Crippen LogP contribution in [0.1, 0.15) is 0 Å². The Hall–Kier alpha value is -17.3. The predicted octanol–water partition coefficient (Wildman–Crippen LogP) is 30.8. The molecule has 10 nitrogen and oxygen atoms in total. The molecule has 20 aromatic carbocycles. The van der Waals surface area contributed by atoms with Gasteiger partial charge in [0.2, 0.25) is 0 Å². The topological polar surface area (TPSA) is 71.7 Å². The number of hydrogen-bond donors (Lipinski definition) is 0. The van der Waals surface area contributed by atoms with Gasteiger partial charge in [0.05, 0.1) is 61.2 Å². The summed E-state index contributed by atoms with van der Waals surface area (Å²) in [4.78, 5) is 9.49. The number of imidazole rings is 2. The summed E-state index contributed by atoms with van der Waals surface area (Å²) in [5.41, 5.74) is 30.8. The van der Waals surface area contributed by atoms with Gasteiger partial charge in [0.15, 0.2) is 0 Å². The summed E-state index contributed by atoms with van der Waals surface area (Å²) >= 11 is 0. The molecule has 0 aliphatic carbocycles. The number of rotatable bonds is 18. The summed E-state index contributed by atoms with van der Waals surface area (Å²) < 4.78 is 26.5. The van der Waals surface area contributed by atoms with Crippen molar-refractivity contribution < 1.29 is 60.7 Å². The molecule has 0 aliphatic rings. The largest absolute Gasteiger partial charge is 0.503 e. The zero-order valence-corrected chi connectivity index (χ0v) is 79.8. The Labute approximate surface area is 838 Å². The van der Waals surface area contributed by atoms with Gasteiger partial charge in [-0.25, -0.2) is 0 Å². The molecule has 0 aliphatic heterocycles. The monoisotopic (exact) mass is 2150 g/mol. The summed E-state index contributed by atoms with van der Waals surface area (Å²) in [7, 11) is 0. The van der Waals surface area contributed by atoms with E-state index >= 15 is 0 Å². The first-order chi connectivity index (χ1) is 68.4. The van der Waals surface area contributed by atoms with Crippen LogP contribution in [0.15, 0.2) is 486 Å². The van der Waals surface area contributed by atoms with Gasteiger partial charge in [-0.15, -0.1) is 71.8 Å².